The summed E-state index contributed by atoms with van der Waals surface area (Å²) in [6, 6.07) is 3.15. The minimum absolute atomic E-state index is 0.0195. The van der Waals surface area contributed by atoms with Gasteiger partial charge < -0.3 is 15.7 Å². The third-order valence-corrected chi connectivity index (χ3v) is 3.97. The molecule has 0 radical (unpaired) electrons. The fourth-order valence-corrected chi connectivity index (χ4v) is 2.88. The third kappa shape index (κ3) is 3.59. The highest BCUT2D eigenvalue weighted by molar-refractivity contribution is 7.89. The number of benzene rings is 1. The fourth-order valence-electron chi connectivity index (χ4n) is 2.05. The summed E-state index contributed by atoms with van der Waals surface area (Å²) in [7, 11) is -3.82. The molecule has 0 atom stereocenters. The molecule has 19 heavy (non-hydrogen) atoms. The van der Waals surface area contributed by atoms with Gasteiger partial charge in [-0.1, -0.05) is 0 Å². The van der Waals surface area contributed by atoms with Crippen molar-refractivity contribution < 1.29 is 13.5 Å². The molecule has 6 nitrogen and oxygen atoms in total. The number of anilines is 2. The normalized spacial score (nSPS) is 11.9. The summed E-state index contributed by atoms with van der Waals surface area (Å²) in [4.78, 5) is 1.91. The first-order valence-corrected chi connectivity index (χ1v) is 7.53. The van der Waals surface area contributed by atoms with Gasteiger partial charge in [-0.3, -0.25) is 0 Å². The Bertz CT molecular complexity index is 556. The first-order valence-electron chi connectivity index (χ1n) is 5.99. The van der Waals surface area contributed by atoms with E-state index in [1.165, 1.54) is 6.07 Å². The molecular formula is C12H21N3O3S. The Morgan fingerprint density at radius 1 is 1.37 bits per heavy atom. The van der Waals surface area contributed by atoms with Gasteiger partial charge in [0, 0.05) is 24.0 Å². The minimum Gasteiger partial charge on any atom is -0.399 e. The highest BCUT2D eigenvalue weighted by Gasteiger charge is 2.20. The summed E-state index contributed by atoms with van der Waals surface area (Å²) in [6.07, 6.45) is 0. The lowest BCUT2D eigenvalue weighted by Crippen LogP contribution is -2.34. The van der Waals surface area contributed by atoms with Crippen LogP contribution in [0.15, 0.2) is 17.0 Å². The van der Waals surface area contributed by atoms with Crippen LogP contribution in [0.3, 0.4) is 0 Å². The van der Waals surface area contributed by atoms with Gasteiger partial charge in [-0.05, 0) is 38.5 Å². The number of rotatable bonds is 5. The van der Waals surface area contributed by atoms with Crippen molar-refractivity contribution in [3.63, 3.8) is 0 Å². The predicted octanol–water partition coefficient (Wildman–Crippen LogP) is 0.432. The second-order valence-corrected chi connectivity index (χ2v) is 6.25. The minimum atomic E-state index is -3.82. The van der Waals surface area contributed by atoms with Crippen molar-refractivity contribution >= 4 is 21.4 Å². The molecule has 0 saturated heterocycles. The van der Waals surface area contributed by atoms with Crippen molar-refractivity contribution in [3.05, 3.63) is 17.7 Å². The molecule has 0 aliphatic carbocycles. The molecule has 108 valence electrons. The lowest BCUT2D eigenvalue weighted by Gasteiger charge is -2.30. The monoisotopic (exact) mass is 287 g/mol. The van der Waals surface area contributed by atoms with E-state index in [0.717, 1.165) is 0 Å². The van der Waals surface area contributed by atoms with E-state index in [9.17, 15) is 8.42 Å². The van der Waals surface area contributed by atoms with Gasteiger partial charge in [-0.25, -0.2) is 13.6 Å². The largest absolute Gasteiger partial charge is 0.399 e. The van der Waals surface area contributed by atoms with Gasteiger partial charge in [0.05, 0.1) is 11.5 Å². The number of aliphatic hydroxyl groups is 1. The molecule has 0 bridgehead atoms. The first-order chi connectivity index (χ1) is 8.68. The maximum Gasteiger partial charge on any atom is 0.238 e. The Morgan fingerprint density at radius 3 is 2.37 bits per heavy atom. The number of sulfonamides is 1. The Hall–Kier alpha value is -1.31. The number of primary sulfonamides is 1. The maximum absolute atomic E-state index is 11.6. The zero-order valence-electron chi connectivity index (χ0n) is 11.4. The average Bonchev–Trinajstić information content (AvgIpc) is 2.27. The van der Waals surface area contributed by atoms with Gasteiger partial charge in [-0.2, -0.15) is 0 Å². The van der Waals surface area contributed by atoms with Gasteiger partial charge >= 0.3 is 0 Å². The summed E-state index contributed by atoms with van der Waals surface area (Å²) < 4.78 is 23.1. The summed E-state index contributed by atoms with van der Waals surface area (Å²) in [5.41, 5.74) is 7.29. The van der Waals surface area contributed by atoms with E-state index < -0.39 is 10.0 Å². The van der Waals surface area contributed by atoms with Crippen LogP contribution in [-0.4, -0.2) is 32.7 Å². The highest BCUT2D eigenvalue weighted by Crippen LogP contribution is 2.30. The van der Waals surface area contributed by atoms with Crippen molar-refractivity contribution in [1.82, 2.24) is 0 Å². The van der Waals surface area contributed by atoms with Gasteiger partial charge in [0.15, 0.2) is 0 Å². The smallest absolute Gasteiger partial charge is 0.238 e. The van der Waals surface area contributed by atoms with Crippen molar-refractivity contribution in [2.75, 3.05) is 23.8 Å². The van der Waals surface area contributed by atoms with Crippen LogP contribution in [0.5, 0.6) is 0 Å². The molecule has 0 saturated carbocycles. The van der Waals surface area contributed by atoms with E-state index in [0.29, 0.717) is 23.5 Å². The van der Waals surface area contributed by atoms with Crippen molar-refractivity contribution in [1.29, 1.82) is 0 Å². The standard InChI is InChI=1S/C12H21N3O3S/c1-8(2)15(4-5-16)11-6-10(13)7-12(9(11)3)19(14,17)18/h6-8,16H,4-5,13H2,1-3H3,(H2,14,17,18). The fraction of sp³-hybridized carbons (Fsp3) is 0.500. The molecule has 0 aliphatic rings. The van der Waals surface area contributed by atoms with E-state index in [2.05, 4.69) is 0 Å². The van der Waals surface area contributed by atoms with Gasteiger partial charge in [0.1, 0.15) is 0 Å². The summed E-state index contributed by atoms with van der Waals surface area (Å²) in [5.74, 6) is 0. The Balaban J connectivity index is 3.47. The van der Waals surface area contributed by atoms with Crippen LogP contribution in [0.4, 0.5) is 11.4 Å². The highest BCUT2D eigenvalue weighted by atomic mass is 32.2. The molecule has 0 aromatic heterocycles. The van der Waals surface area contributed by atoms with E-state index in [1.807, 2.05) is 18.7 Å². The molecule has 1 aromatic rings. The topological polar surface area (TPSA) is 110 Å². The number of aliphatic hydroxyl groups excluding tert-OH is 1. The van der Waals surface area contributed by atoms with E-state index in [4.69, 9.17) is 16.0 Å². The maximum atomic E-state index is 11.6. The third-order valence-electron chi connectivity index (χ3n) is 2.94. The molecule has 1 rings (SSSR count). The second-order valence-electron chi connectivity index (χ2n) is 4.72. The number of nitrogen functional groups attached to an aromatic ring is 1. The zero-order chi connectivity index (χ0) is 14.8. The van der Waals surface area contributed by atoms with E-state index in [1.54, 1.807) is 13.0 Å². The molecule has 5 N–H and O–H groups in total. The summed E-state index contributed by atoms with van der Waals surface area (Å²) in [5, 5.41) is 14.3. The van der Waals surface area contributed by atoms with Crippen LogP contribution in [0, 0.1) is 6.92 Å². The van der Waals surface area contributed by atoms with Crippen molar-refractivity contribution in [3.8, 4) is 0 Å². The van der Waals surface area contributed by atoms with Gasteiger partial charge in [-0.15, -0.1) is 0 Å². The Morgan fingerprint density at radius 2 is 1.95 bits per heavy atom. The number of hydrogen-bond acceptors (Lipinski definition) is 5. The second kappa shape index (κ2) is 5.77. The lowest BCUT2D eigenvalue weighted by molar-refractivity contribution is 0.299. The van der Waals surface area contributed by atoms with Gasteiger partial charge in [0.25, 0.3) is 0 Å². The number of nitrogens with zero attached hydrogens (tertiary/aromatic N) is 1. The molecule has 0 fully saturated rings. The Kier molecular flexibility index (Phi) is 4.78. The SMILES string of the molecule is Cc1c(N(CCO)C(C)C)cc(N)cc1S(N)(=O)=O. The molecule has 1 aromatic carbocycles. The summed E-state index contributed by atoms with van der Waals surface area (Å²) >= 11 is 0. The average molecular weight is 287 g/mol. The van der Waals surface area contributed by atoms with Crippen LogP contribution >= 0.6 is 0 Å². The lowest BCUT2D eigenvalue weighted by atomic mass is 10.1. The quantitative estimate of drug-likeness (QED) is 0.680. The van der Waals surface area contributed by atoms with Crippen molar-refractivity contribution in [2.24, 2.45) is 5.14 Å². The van der Waals surface area contributed by atoms with Crippen LogP contribution in [0.2, 0.25) is 0 Å². The molecule has 7 heteroatoms. The van der Waals surface area contributed by atoms with Crippen LogP contribution < -0.4 is 15.8 Å². The number of nitrogens with two attached hydrogens (primary N) is 2. The number of hydrogen-bond donors (Lipinski definition) is 3. The molecule has 0 aliphatic heterocycles. The van der Waals surface area contributed by atoms with Crippen molar-refractivity contribution in [2.45, 2.75) is 31.7 Å². The van der Waals surface area contributed by atoms with Crippen LogP contribution in [0.25, 0.3) is 0 Å². The zero-order valence-corrected chi connectivity index (χ0v) is 12.2. The molecule has 0 spiro atoms. The Labute approximate surface area is 114 Å². The van der Waals surface area contributed by atoms with Crippen LogP contribution in [-0.2, 0) is 10.0 Å². The molecule has 0 unspecified atom stereocenters. The predicted molar refractivity (Wildman–Crippen MR) is 76.5 cm³/mol. The summed E-state index contributed by atoms with van der Waals surface area (Å²) in [6.45, 7) is 5.95. The van der Waals surface area contributed by atoms with E-state index in [-0.39, 0.29) is 17.5 Å². The molecular weight excluding hydrogens is 266 g/mol. The molecule has 0 heterocycles. The van der Waals surface area contributed by atoms with E-state index >= 15 is 0 Å². The van der Waals surface area contributed by atoms with Gasteiger partial charge in [0.2, 0.25) is 10.0 Å². The molecule has 0 amide bonds. The van der Waals surface area contributed by atoms with Crippen LogP contribution in [0.1, 0.15) is 19.4 Å². The first kappa shape index (κ1) is 15.7.